The number of carbonyl (C=O) groups excluding carboxylic acids is 1. The maximum absolute atomic E-state index is 14.5. The van der Waals surface area contributed by atoms with E-state index in [1.165, 1.54) is 49.6 Å². The molecule has 2 aromatic carbocycles. The first kappa shape index (κ1) is 25.2. The van der Waals surface area contributed by atoms with Crippen molar-refractivity contribution in [2.45, 2.75) is 56.9 Å². The standard InChI is InChI=1S/C25H34FN3O3S/c1-3-21-9-6-7-17-28(21)18-8-16-27-25(30)19-29(24-11-5-4-10-23(24)26)33(31,32)22-14-12-20(2)13-15-22/h4-5,10-15,21H,3,6-9,16-19H2,1-2H3,(H,27,30). The third kappa shape index (κ3) is 6.54. The minimum absolute atomic E-state index is 0.0138. The number of hydrogen-bond donors (Lipinski definition) is 1. The van der Waals surface area contributed by atoms with Crippen LogP contribution >= 0.6 is 0 Å². The Morgan fingerprint density at radius 3 is 2.58 bits per heavy atom. The lowest BCUT2D eigenvalue weighted by atomic mass is 10.00. The molecule has 1 saturated heterocycles. The maximum atomic E-state index is 14.5. The zero-order chi connectivity index (χ0) is 23.8. The Kier molecular flexibility index (Phi) is 8.86. The minimum Gasteiger partial charge on any atom is -0.354 e. The van der Waals surface area contributed by atoms with E-state index in [2.05, 4.69) is 17.1 Å². The number of benzene rings is 2. The van der Waals surface area contributed by atoms with E-state index in [0.717, 1.165) is 35.8 Å². The van der Waals surface area contributed by atoms with Crippen molar-refractivity contribution in [3.63, 3.8) is 0 Å². The number of para-hydroxylation sites is 1. The molecule has 2 aromatic rings. The molecule has 0 aromatic heterocycles. The smallest absolute Gasteiger partial charge is 0.264 e. The lowest BCUT2D eigenvalue weighted by molar-refractivity contribution is -0.119. The van der Waals surface area contributed by atoms with E-state index in [1.54, 1.807) is 18.2 Å². The van der Waals surface area contributed by atoms with E-state index >= 15 is 0 Å². The van der Waals surface area contributed by atoms with Gasteiger partial charge in [0, 0.05) is 19.1 Å². The highest BCUT2D eigenvalue weighted by atomic mass is 32.2. The summed E-state index contributed by atoms with van der Waals surface area (Å²) in [5.74, 6) is -1.16. The van der Waals surface area contributed by atoms with Gasteiger partial charge in [0.1, 0.15) is 12.4 Å². The summed E-state index contributed by atoms with van der Waals surface area (Å²) in [6.07, 6.45) is 5.61. The molecule has 1 fully saturated rings. The second kappa shape index (κ2) is 11.6. The Balaban J connectivity index is 1.67. The number of aryl methyl sites for hydroxylation is 1. The molecule has 33 heavy (non-hydrogen) atoms. The second-order valence-electron chi connectivity index (χ2n) is 8.57. The molecule has 0 radical (unpaired) electrons. The van der Waals surface area contributed by atoms with Gasteiger partial charge in [-0.1, -0.05) is 43.2 Å². The van der Waals surface area contributed by atoms with Crippen molar-refractivity contribution in [3.8, 4) is 0 Å². The predicted octanol–water partition coefficient (Wildman–Crippen LogP) is 4.10. The lowest BCUT2D eigenvalue weighted by Gasteiger charge is -2.35. The summed E-state index contributed by atoms with van der Waals surface area (Å²) in [6.45, 7) is 6.00. The molecule has 180 valence electrons. The van der Waals surface area contributed by atoms with Crippen LogP contribution in [0.3, 0.4) is 0 Å². The molecule has 1 atom stereocenters. The van der Waals surface area contributed by atoms with Crippen LogP contribution in [0.5, 0.6) is 0 Å². The quantitative estimate of drug-likeness (QED) is 0.526. The first-order chi connectivity index (χ1) is 15.8. The molecule has 0 saturated carbocycles. The van der Waals surface area contributed by atoms with Crippen molar-refractivity contribution >= 4 is 21.6 Å². The van der Waals surface area contributed by atoms with Gasteiger partial charge in [-0.15, -0.1) is 0 Å². The third-order valence-corrected chi connectivity index (χ3v) is 7.96. The number of likely N-dealkylation sites (tertiary alicyclic amines) is 1. The highest BCUT2D eigenvalue weighted by Crippen LogP contribution is 2.26. The molecule has 1 aliphatic rings. The molecule has 1 N–H and O–H groups in total. The van der Waals surface area contributed by atoms with Crippen molar-refractivity contribution in [1.29, 1.82) is 0 Å². The highest BCUT2D eigenvalue weighted by Gasteiger charge is 2.29. The number of halogens is 1. The Hall–Kier alpha value is -2.45. The predicted molar refractivity (Wildman–Crippen MR) is 129 cm³/mol. The van der Waals surface area contributed by atoms with Crippen LogP contribution < -0.4 is 9.62 Å². The summed E-state index contributed by atoms with van der Waals surface area (Å²) >= 11 is 0. The maximum Gasteiger partial charge on any atom is 0.264 e. The van der Waals surface area contributed by atoms with E-state index in [-0.39, 0.29) is 10.6 Å². The molecule has 1 amide bonds. The number of sulfonamides is 1. The fraction of sp³-hybridized carbons (Fsp3) is 0.480. The first-order valence-corrected chi connectivity index (χ1v) is 13.1. The van der Waals surface area contributed by atoms with Crippen molar-refractivity contribution in [3.05, 3.63) is 59.9 Å². The summed E-state index contributed by atoms with van der Waals surface area (Å²) in [4.78, 5) is 15.2. The van der Waals surface area contributed by atoms with E-state index in [9.17, 15) is 17.6 Å². The van der Waals surface area contributed by atoms with Crippen LogP contribution in [0.25, 0.3) is 0 Å². The average molecular weight is 476 g/mol. The average Bonchev–Trinajstić information content (AvgIpc) is 2.81. The number of hydrogen-bond acceptors (Lipinski definition) is 4. The third-order valence-electron chi connectivity index (χ3n) is 6.18. The molecule has 1 heterocycles. The highest BCUT2D eigenvalue weighted by molar-refractivity contribution is 7.92. The van der Waals surface area contributed by atoms with Crippen molar-refractivity contribution in [2.24, 2.45) is 0 Å². The molecule has 1 aliphatic heterocycles. The van der Waals surface area contributed by atoms with Gasteiger partial charge in [0.05, 0.1) is 10.6 Å². The van der Waals surface area contributed by atoms with Crippen LogP contribution in [-0.4, -0.2) is 51.4 Å². The monoisotopic (exact) mass is 475 g/mol. The summed E-state index contributed by atoms with van der Waals surface area (Å²) in [5.41, 5.74) is 0.760. The lowest BCUT2D eigenvalue weighted by Crippen LogP contribution is -2.43. The Morgan fingerprint density at radius 2 is 1.88 bits per heavy atom. The van der Waals surface area contributed by atoms with Gasteiger partial charge in [0.25, 0.3) is 10.0 Å². The largest absolute Gasteiger partial charge is 0.354 e. The fourth-order valence-electron chi connectivity index (χ4n) is 4.30. The van der Waals surface area contributed by atoms with Gasteiger partial charge in [-0.25, -0.2) is 12.8 Å². The molecule has 0 spiro atoms. The zero-order valence-corrected chi connectivity index (χ0v) is 20.3. The van der Waals surface area contributed by atoms with Gasteiger partial charge >= 0.3 is 0 Å². The Morgan fingerprint density at radius 1 is 1.15 bits per heavy atom. The number of nitrogens with zero attached hydrogens (tertiary/aromatic N) is 2. The number of anilines is 1. The summed E-state index contributed by atoms with van der Waals surface area (Å²) in [5, 5.41) is 2.81. The van der Waals surface area contributed by atoms with Gasteiger partial charge in [-0.05, 0) is 63.4 Å². The summed E-state index contributed by atoms with van der Waals surface area (Å²) < 4.78 is 42.0. The van der Waals surface area contributed by atoms with Gasteiger partial charge < -0.3 is 10.2 Å². The van der Waals surface area contributed by atoms with Gasteiger partial charge in [0.2, 0.25) is 5.91 Å². The number of rotatable bonds is 10. The van der Waals surface area contributed by atoms with Crippen LogP contribution in [0.4, 0.5) is 10.1 Å². The van der Waals surface area contributed by atoms with Crippen molar-refractivity contribution in [1.82, 2.24) is 10.2 Å². The Bertz CT molecular complexity index is 1030. The van der Waals surface area contributed by atoms with E-state index in [4.69, 9.17) is 0 Å². The molecule has 6 nitrogen and oxygen atoms in total. The van der Waals surface area contributed by atoms with Crippen LogP contribution in [0.15, 0.2) is 53.4 Å². The van der Waals surface area contributed by atoms with Crippen molar-refractivity contribution < 1.29 is 17.6 Å². The molecule has 8 heteroatoms. The molecular formula is C25H34FN3O3S. The van der Waals surface area contributed by atoms with Crippen LogP contribution in [-0.2, 0) is 14.8 Å². The van der Waals surface area contributed by atoms with Crippen molar-refractivity contribution in [2.75, 3.05) is 30.5 Å². The SMILES string of the molecule is CCC1CCCCN1CCCNC(=O)CN(c1ccccc1F)S(=O)(=O)c1ccc(C)cc1. The van der Waals surface area contributed by atoms with Crippen LogP contribution in [0.1, 0.15) is 44.6 Å². The number of piperidine rings is 1. The van der Waals surface area contributed by atoms with E-state index in [1.807, 2.05) is 6.92 Å². The topological polar surface area (TPSA) is 69.7 Å². The van der Waals surface area contributed by atoms with E-state index in [0.29, 0.717) is 12.6 Å². The normalized spacial score (nSPS) is 17.0. The van der Waals surface area contributed by atoms with Gasteiger partial charge in [0.15, 0.2) is 0 Å². The van der Waals surface area contributed by atoms with E-state index < -0.39 is 28.3 Å². The number of nitrogens with one attached hydrogen (secondary N) is 1. The second-order valence-corrected chi connectivity index (χ2v) is 10.4. The number of amides is 1. The molecule has 1 unspecified atom stereocenters. The Labute approximate surface area is 196 Å². The van der Waals surface area contributed by atoms with Crippen LogP contribution in [0, 0.1) is 12.7 Å². The minimum atomic E-state index is -4.12. The summed E-state index contributed by atoms with van der Waals surface area (Å²) in [6, 6.07) is 12.5. The van der Waals surface area contributed by atoms with Gasteiger partial charge in [-0.3, -0.25) is 9.10 Å². The first-order valence-electron chi connectivity index (χ1n) is 11.7. The molecule has 0 bridgehead atoms. The molecule has 3 rings (SSSR count). The van der Waals surface area contributed by atoms with Crippen LogP contribution in [0.2, 0.25) is 0 Å². The number of carbonyl (C=O) groups is 1. The molecular weight excluding hydrogens is 441 g/mol. The van der Waals surface area contributed by atoms with Gasteiger partial charge in [-0.2, -0.15) is 0 Å². The fourth-order valence-corrected chi connectivity index (χ4v) is 5.73. The zero-order valence-electron chi connectivity index (χ0n) is 19.5. The molecule has 0 aliphatic carbocycles. The summed E-state index contributed by atoms with van der Waals surface area (Å²) in [7, 11) is -4.12.